The maximum atomic E-state index is 12.3. The smallest absolute Gasteiger partial charge is 0.186 e. The Labute approximate surface area is 269 Å². The largest absolute Gasteiger partial charge is 0.385 e. The Morgan fingerprint density at radius 1 is 0.727 bits per heavy atom. The highest BCUT2D eigenvalue weighted by molar-refractivity contribution is 6.00. The molecule has 0 bridgehead atoms. The Morgan fingerprint density at radius 2 is 1.18 bits per heavy atom. The average molecular weight is 609 g/mol. The number of hydrogen-bond donors (Lipinski definition) is 2. The molecule has 0 aliphatic heterocycles. The standard InChI is InChI=1S/C40H64O4/c1-27(17-13-19-29(3)21-23-33-31(5)37(43)35(41)25-39(33,7)8)15-11-12-16-28(2)18-14-20-30(4)22-24-34-32(6)38(44)36(42)26-40(34,9)10/h17,19,22,28,35-36,41-42H,11-16,18,20-21,23-26H2,1-10H3/b27-17+,29-19+,30-22+/t28?,35-,36-/m0/s1. The van der Waals surface area contributed by atoms with Gasteiger partial charge in [-0.2, -0.15) is 0 Å². The highest BCUT2D eigenvalue weighted by Gasteiger charge is 2.38. The molecule has 0 fully saturated rings. The third kappa shape index (κ3) is 11.4. The van der Waals surface area contributed by atoms with Gasteiger partial charge in [-0.3, -0.25) is 9.59 Å². The molecule has 2 aliphatic carbocycles. The van der Waals surface area contributed by atoms with Gasteiger partial charge in [0, 0.05) is 0 Å². The summed E-state index contributed by atoms with van der Waals surface area (Å²) < 4.78 is 0. The molecule has 0 aromatic heterocycles. The van der Waals surface area contributed by atoms with Crippen molar-refractivity contribution in [3.63, 3.8) is 0 Å². The van der Waals surface area contributed by atoms with Crippen molar-refractivity contribution in [3.8, 4) is 0 Å². The molecule has 248 valence electrons. The number of Topliss-reactive ketones (excluding diaryl/α,β-unsaturated/α-hetero) is 2. The topological polar surface area (TPSA) is 74.6 Å². The second-order valence-electron chi connectivity index (χ2n) is 15.5. The third-order valence-corrected chi connectivity index (χ3v) is 10.4. The predicted octanol–water partition coefficient (Wildman–Crippen LogP) is 10.1. The van der Waals surface area contributed by atoms with E-state index in [0.717, 1.165) is 55.6 Å². The normalized spacial score (nSPS) is 24.0. The summed E-state index contributed by atoms with van der Waals surface area (Å²) in [7, 11) is 0. The molecule has 2 N–H and O–H groups in total. The van der Waals surface area contributed by atoms with Crippen LogP contribution in [0.3, 0.4) is 0 Å². The van der Waals surface area contributed by atoms with Crippen molar-refractivity contribution in [2.45, 2.75) is 165 Å². The summed E-state index contributed by atoms with van der Waals surface area (Å²) in [5.74, 6) is 0.548. The quantitative estimate of drug-likeness (QED) is 0.135. The molecule has 0 spiro atoms. The highest BCUT2D eigenvalue weighted by Crippen LogP contribution is 2.42. The van der Waals surface area contributed by atoms with E-state index in [1.54, 1.807) is 0 Å². The second-order valence-corrected chi connectivity index (χ2v) is 15.5. The lowest BCUT2D eigenvalue weighted by Gasteiger charge is -2.36. The van der Waals surface area contributed by atoms with Gasteiger partial charge in [0.2, 0.25) is 0 Å². The predicted molar refractivity (Wildman–Crippen MR) is 185 cm³/mol. The van der Waals surface area contributed by atoms with Crippen LogP contribution < -0.4 is 0 Å². The van der Waals surface area contributed by atoms with Crippen molar-refractivity contribution in [1.82, 2.24) is 0 Å². The van der Waals surface area contributed by atoms with Gasteiger partial charge in [-0.05, 0) is 127 Å². The van der Waals surface area contributed by atoms with E-state index >= 15 is 0 Å². The first-order valence-electron chi connectivity index (χ1n) is 17.3. The summed E-state index contributed by atoms with van der Waals surface area (Å²) >= 11 is 0. The Hall–Kier alpha value is -2.04. The number of aliphatic hydroxyl groups excluding tert-OH is 2. The van der Waals surface area contributed by atoms with Crippen LogP contribution in [0.5, 0.6) is 0 Å². The highest BCUT2D eigenvalue weighted by atomic mass is 16.3. The SMILES string of the molecule is CC1=C(C/C=C(\C)CCCC(C)CCCC/C(C)=C/C/C=C(\C)CCC2=C(C)C(=O)[C@@H](O)CC2(C)C)C(C)(C)C[C@H](O)C1=O. The summed E-state index contributed by atoms with van der Waals surface area (Å²) in [6.07, 6.45) is 18.5. The number of ketones is 2. The van der Waals surface area contributed by atoms with Crippen molar-refractivity contribution >= 4 is 11.6 Å². The summed E-state index contributed by atoms with van der Waals surface area (Å²) in [6.45, 7) is 21.4. The Kier molecular flexibility index (Phi) is 14.8. The van der Waals surface area contributed by atoms with Crippen LogP contribution in [-0.2, 0) is 9.59 Å². The molecule has 4 nitrogen and oxygen atoms in total. The number of hydrogen-bond acceptors (Lipinski definition) is 4. The van der Waals surface area contributed by atoms with Gasteiger partial charge in [0.05, 0.1) is 0 Å². The van der Waals surface area contributed by atoms with Crippen molar-refractivity contribution in [2.75, 3.05) is 0 Å². The second kappa shape index (κ2) is 17.0. The van der Waals surface area contributed by atoms with Gasteiger partial charge in [-0.25, -0.2) is 0 Å². The lowest BCUT2D eigenvalue weighted by molar-refractivity contribution is -0.126. The van der Waals surface area contributed by atoms with E-state index in [1.165, 1.54) is 60.0 Å². The van der Waals surface area contributed by atoms with Crippen LogP contribution in [0.15, 0.2) is 57.2 Å². The molecule has 44 heavy (non-hydrogen) atoms. The van der Waals surface area contributed by atoms with E-state index in [0.29, 0.717) is 12.8 Å². The molecule has 0 aromatic carbocycles. The summed E-state index contributed by atoms with van der Waals surface area (Å²) in [5, 5.41) is 20.1. The molecular weight excluding hydrogens is 544 g/mol. The van der Waals surface area contributed by atoms with Crippen LogP contribution in [0.1, 0.15) is 153 Å². The van der Waals surface area contributed by atoms with Gasteiger partial charge in [0.1, 0.15) is 12.2 Å². The Balaban J connectivity index is 1.66. The third-order valence-electron chi connectivity index (χ3n) is 10.4. The lowest BCUT2D eigenvalue weighted by atomic mass is 9.69. The maximum Gasteiger partial charge on any atom is 0.186 e. The van der Waals surface area contributed by atoms with E-state index < -0.39 is 12.2 Å². The molecule has 0 saturated heterocycles. The zero-order chi connectivity index (χ0) is 33.2. The van der Waals surface area contributed by atoms with Crippen LogP contribution in [-0.4, -0.2) is 34.0 Å². The first kappa shape index (κ1) is 38.1. The van der Waals surface area contributed by atoms with E-state index in [-0.39, 0.29) is 22.4 Å². The van der Waals surface area contributed by atoms with E-state index in [4.69, 9.17) is 0 Å². The van der Waals surface area contributed by atoms with Crippen molar-refractivity contribution in [1.29, 1.82) is 0 Å². The van der Waals surface area contributed by atoms with E-state index in [1.807, 2.05) is 13.8 Å². The fourth-order valence-electron chi connectivity index (χ4n) is 7.30. The van der Waals surface area contributed by atoms with Crippen molar-refractivity contribution < 1.29 is 19.8 Å². The van der Waals surface area contributed by atoms with Crippen LogP contribution in [0.2, 0.25) is 0 Å². The molecule has 0 aromatic rings. The number of unbranched alkanes of at least 4 members (excludes halogenated alkanes) is 1. The molecule has 0 amide bonds. The van der Waals surface area contributed by atoms with Gasteiger partial charge in [-0.15, -0.1) is 0 Å². The van der Waals surface area contributed by atoms with Gasteiger partial charge >= 0.3 is 0 Å². The summed E-state index contributed by atoms with van der Waals surface area (Å²) in [5.41, 5.74) is 7.89. The number of rotatable bonds is 16. The number of aliphatic hydroxyl groups is 2. The van der Waals surface area contributed by atoms with Crippen LogP contribution in [0, 0.1) is 16.7 Å². The summed E-state index contributed by atoms with van der Waals surface area (Å²) in [6, 6.07) is 0. The molecule has 1 unspecified atom stereocenters. The van der Waals surface area contributed by atoms with E-state index in [2.05, 4.69) is 73.6 Å². The first-order chi connectivity index (χ1) is 20.5. The molecule has 3 atom stereocenters. The minimum Gasteiger partial charge on any atom is -0.385 e. The number of allylic oxidation sites excluding steroid dienone is 8. The van der Waals surface area contributed by atoms with Gasteiger partial charge < -0.3 is 10.2 Å². The molecular formula is C40H64O4. The first-order valence-corrected chi connectivity index (χ1v) is 17.3. The zero-order valence-electron chi connectivity index (χ0n) is 29.9. The van der Waals surface area contributed by atoms with Crippen LogP contribution >= 0.6 is 0 Å². The van der Waals surface area contributed by atoms with Crippen molar-refractivity contribution in [2.24, 2.45) is 16.7 Å². The molecule has 0 saturated carbocycles. The summed E-state index contributed by atoms with van der Waals surface area (Å²) in [4.78, 5) is 24.6. The fourth-order valence-corrected chi connectivity index (χ4v) is 7.30. The molecule has 2 rings (SSSR count). The molecule has 0 heterocycles. The van der Waals surface area contributed by atoms with Gasteiger partial charge in [0.25, 0.3) is 0 Å². The van der Waals surface area contributed by atoms with Gasteiger partial charge in [0.15, 0.2) is 11.6 Å². The lowest BCUT2D eigenvalue weighted by Crippen LogP contribution is -2.36. The van der Waals surface area contributed by atoms with Gasteiger partial charge in [-0.1, -0.05) is 100.0 Å². The molecule has 0 radical (unpaired) electrons. The Bertz CT molecular complexity index is 1170. The monoisotopic (exact) mass is 608 g/mol. The van der Waals surface area contributed by atoms with Crippen LogP contribution in [0.4, 0.5) is 0 Å². The maximum absolute atomic E-state index is 12.3. The number of carbonyl (C=O) groups excluding carboxylic acids is 2. The molecule has 4 heteroatoms. The van der Waals surface area contributed by atoms with E-state index in [9.17, 15) is 19.8 Å². The van der Waals surface area contributed by atoms with Crippen molar-refractivity contribution in [3.05, 3.63) is 57.2 Å². The zero-order valence-corrected chi connectivity index (χ0v) is 29.9. The van der Waals surface area contributed by atoms with Crippen LogP contribution in [0.25, 0.3) is 0 Å². The minimum atomic E-state index is -0.850. The Morgan fingerprint density at radius 3 is 1.77 bits per heavy atom. The fraction of sp³-hybridized carbons (Fsp3) is 0.700. The molecule has 2 aliphatic rings. The number of carbonyl (C=O) groups is 2. The average Bonchev–Trinajstić information content (AvgIpc) is 2.92. The minimum absolute atomic E-state index is 0.0948.